The molecule has 1 fully saturated rings. The molecular weight excluding hydrogens is 330 g/mol. The molecule has 0 aromatic heterocycles. The lowest BCUT2D eigenvalue weighted by molar-refractivity contribution is -0.305. The number of hydrogen-bond acceptors (Lipinski definition) is 7. The van der Waals surface area contributed by atoms with Crippen LogP contribution in [0.3, 0.4) is 0 Å². The van der Waals surface area contributed by atoms with Crippen molar-refractivity contribution in [1.29, 1.82) is 0 Å². The Balaban J connectivity index is 1.87. The minimum atomic E-state index is -1.27. The smallest absolute Gasteiger partial charge is 0.239 e. The van der Waals surface area contributed by atoms with Gasteiger partial charge in [0.2, 0.25) is 5.91 Å². The summed E-state index contributed by atoms with van der Waals surface area (Å²) in [4.78, 5) is 22.1. The highest BCUT2D eigenvalue weighted by molar-refractivity contribution is 8.15. The van der Waals surface area contributed by atoms with Crippen LogP contribution >= 0.6 is 11.8 Å². The summed E-state index contributed by atoms with van der Waals surface area (Å²) in [7, 11) is 0. The van der Waals surface area contributed by atoms with E-state index in [0.717, 1.165) is 35.9 Å². The summed E-state index contributed by atoms with van der Waals surface area (Å²) in [5.41, 5.74) is 0.836. The van der Waals surface area contributed by atoms with E-state index in [1.807, 2.05) is 24.3 Å². The van der Waals surface area contributed by atoms with Gasteiger partial charge >= 0.3 is 0 Å². The molecule has 8 heteroatoms. The first-order valence-electron chi connectivity index (χ1n) is 7.59. The number of hydrogen-bond donors (Lipinski definition) is 1. The normalized spacial score (nSPS) is 19.0. The predicted molar refractivity (Wildman–Crippen MR) is 91.0 cm³/mol. The number of thioether (sulfide) groups is 1. The minimum Gasteiger partial charge on any atom is -0.550 e. The van der Waals surface area contributed by atoms with Gasteiger partial charge in [-0.25, -0.2) is 0 Å². The summed E-state index contributed by atoms with van der Waals surface area (Å²) in [5.74, 6) is -0.865. The van der Waals surface area contributed by atoms with E-state index in [4.69, 9.17) is 4.74 Å². The minimum absolute atomic E-state index is 0.280. The molecule has 1 aliphatic heterocycles. The number of carbonyl (C=O) groups is 2. The zero-order chi connectivity index (χ0) is 17.4. The van der Waals surface area contributed by atoms with Gasteiger partial charge in [0.1, 0.15) is 5.75 Å². The fourth-order valence-electron chi connectivity index (χ4n) is 1.87. The lowest BCUT2D eigenvalue weighted by Gasteiger charge is -2.04. The van der Waals surface area contributed by atoms with Crippen LogP contribution in [-0.2, 0) is 9.59 Å². The molecule has 0 spiro atoms. The number of nitrogens with one attached hydrogen (secondary N) is 1. The number of amidine groups is 1. The largest absolute Gasteiger partial charge is 0.550 e. The van der Waals surface area contributed by atoms with E-state index in [-0.39, 0.29) is 11.6 Å². The number of ether oxygens (including phenoxy) is 1. The SMILES string of the molecule is CCCCOc1ccc(/C=N\N=C2\NC(=O)[C@@H](CC(=O)[O-])S2)cc1. The molecule has 7 nitrogen and oxygen atoms in total. The number of carbonyl (C=O) groups excluding carboxylic acids is 2. The number of amides is 1. The van der Waals surface area contributed by atoms with Gasteiger partial charge in [-0.05, 0) is 36.2 Å². The maximum Gasteiger partial charge on any atom is 0.239 e. The van der Waals surface area contributed by atoms with Gasteiger partial charge in [0.15, 0.2) is 5.17 Å². The van der Waals surface area contributed by atoms with Crippen molar-refractivity contribution in [2.75, 3.05) is 6.61 Å². The number of benzene rings is 1. The standard InChI is InChI=1S/C16H19N3O4S/c1-2-3-8-23-12-6-4-11(5-7-12)10-17-19-16-18-15(22)13(24-16)9-14(20)21/h4-7,10,13H,2-3,8-9H2,1H3,(H,20,21)(H,18,19,22)/p-1/b17-10-/t13-/m1/s1. The number of unbranched alkanes of at least 4 members (excludes halogenated alkanes) is 1. The highest BCUT2D eigenvalue weighted by Gasteiger charge is 2.30. The molecule has 1 saturated heterocycles. The van der Waals surface area contributed by atoms with Crippen molar-refractivity contribution in [2.24, 2.45) is 10.2 Å². The molecule has 1 heterocycles. The fourth-order valence-corrected chi connectivity index (χ4v) is 2.78. The van der Waals surface area contributed by atoms with Crippen LogP contribution in [0.4, 0.5) is 0 Å². The van der Waals surface area contributed by atoms with Crippen LogP contribution in [0.2, 0.25) is 0 Å². The van der Waals surface area contributed by atoms with Crippen molar-refractivity contribution in [2.45, 2.75) is 31.4 Å². The van der Waals surface area contributed by atoms with Crippen molar-refractivity contribution in [3.05, 3.63) is 29.8 Å². The third-order valence-electron chi connectivity index (χ3n) is 3.13. The topological polar surface area (TPSA) is 103 Å². The van der Waals surface area contributed by atoms with Crippen molar-refractivity contribution >= 4 is 35.0 Å². The molecule has 1 aromatic rings. The van der Waals surface area contributed by atoms with Crippen LogP contribution in [0, 0.1) is 0 Å². The van der Waals surface area contributed by atoms with Crippen LogP contribution < -0.4 is 15.2 Å². The highest BCUT2D eigenvalue weighted by Crippen LogP contribution is 2.22. The van der Waals surface area contributed by atoms with Crippen molar-refractivity contribution < 1.29 is 19.4 Å². The molecule has 0 saturated carbocycles. The van der Waals surface area contributed by atoms with E-state index >= 15 is 0 Å². The second-order valence-electron chi connectivity index (χ2n) is 5.09. The van der Waals surface area contributed by atoms with Crippen LogP contribution in [0.15, 0.2) is 34.5 Å². The van der Waals surface area contributed by atoms with Crippen LogP contribution in [0.25, 0.3) is 0 Å². The Kier molecular flexibility index (Phi) is 6.80. The molecule has 1 aromatic carbocycles. The van der Waals surface area contributed by atoms with E-state index in [9.17, 15) is 14.7 Å². The number of carboxylic acids is 1. The highest BCUT2D eigenvalue weighted by atomic mass is 32.2. The van der Waals surface area contributed by atoms with Gasteiger partial charge in [-0.2, -0.15) is 5.10 Å². The third kappa shape index (κ3) is 5.69. The van der Waals surface area contributed by atoms with Gasteiger partial charge in [-0.3, -0.25) is 4.79 Å². The molecule has 128 valence electrons. The Bertz CT molecular complexity index is 643. The van der Waals surface area contributed by atoms with Crippen molar-refractivity contribution in [1.82, 2.24) is 5.32 Å². The lowest BCUT2D eigenvalue weighted by Crippen LogP contribution is -2.31. The van der Waals surface area contributed by atoms with E-state index in [0.29, 0.717) is 6.61 Å². The molecule has 1 N–H and O–H groups in total. The third-order valence-corrected chi connectivity index (χ3v) is 4.20. The maximum absolute atomic E-state index is 11.5. The summed E-state index contributed by atoms with van der Waals surface area (Å²) in [6, 6.07) is 7.41. The number of carboxylic acid groups (broad SMARTS) is 1. The first kappa shape index (κ1) is 18.0. The summed E-state index contributed by atoms with van der Waals surface area (Å²) < 4.78 is 5.57. The Morgan fingerprint density at radius 2 is 2.17 bits per heavy atom. The molecule has 0 aliphatic carbocycles. The van der Waals surface area contributed by atoms with Gasteiger partial charge in [0, 0.05) is 12.4 Å². The molecule has 1 aliphatic rings. The molecule has 1 atom stereocenters. The van der Waals surface area contributed by atoms with E-state index in [1.165, 1.54) is 0 Å². The average molecular weight is 348 g/mol. The average Bonchev–Trinajstić information content (AvgIpc) is 2.88. The predicted octanol–water partition coefficient (Wildman–Crippen LogP) is 0.927. The summed E-state index contributed by atoms with van der Waals surface area (Å²) in [6.45, 7) is 2.80. The Morgan fingerprint density at radius 3 is 2.83 bits per heavy atom. The van der Waals surface area contributed by atoms with Crippen molar-refractivity contribution in [3.63, 3.8) is 0 Å². The molecule has 0 unspecified atom stereocenters. The maximum atomic E-state index is 11.5. The van der Waals surface area contributed by atoms with Crippen molar-refractivity contribution in [3.8, 4) is 5.75 Å². The molecular formula is C16H18N3O4S-. The summed E-state index contributed by atoms with van der Waals surface area (Å²) in [5, 5.41) is 20.4. The quantitative estimate of drug-likeness (QED) is 0.427. The molecule has 1 amide bonds. The second kappa shape index (κ2) is 9.07. The Morgan fingerprint density at radius 1 is 1.42 bits per heavy atom. The van der Waals surface area contributed by atoms with Gasteiger partial charge in [0.25, 0.3) is 0 Å². The summed E-state index contributed by atoms with van der Waals surface area (Å²) >= 11 is 1.03. The van der Waals surface area contributed by atoms with E-state index in [2.05, 4.69) is 22.4 Å². The zero-order valence-electron chi connectivity index (χ0n) is 13.2. The van der Waals surface area contributed by atoms with Gasteiger partial charge in [0.05, 0.1) is 18.1 Å². The van der Waals surface area contributed by atoms with E-state index in [1.54, 1.807) is 6.21 Å². The Hall–Kier alpha value is -2.35. The second-order valence-corrected chi connectivity index (χ2v) is 6.28. The van der Waals surface area contributed by atoms with E-state index < -0.39 is 17.1 Å². The van der Waals surface area contributed by atoms with Crippen LogP contribution in [0.5, 0.6) is 5.75 Å². The number of aliphatic carboxylic acids is 1. The van der Waals surface area contributed by atoms with Crippen LogP contribution in [0.1, 0.15) is 31.7 Å². The van der Waals surface area contributed by atoms with Crippen LogP contribution in [-0.4, -0.2) is 35.1 Å². The first-order valence-corrected chi connectivity index (χ1v) is 8.47. The molecule has 2 rings (SSSR count). The van der Waals surface area contributed by atoms with Gasteiger partial charge in [-0.1, -0.05) is 25.1 Å². The zero-order valence-corrected chi connectivity index (χ0v) is 14.0. The summed E-state index contributed by atoms with van der Waals surface area (Å²) in [6.07, 6.45) is 3.30. The first-order chi connectivity index (χ1) is 11.6. The van der Waals surface area contributed by atoms with Gasteiger partial charge < -0.3 is 20.0 Å². The molecule has 0 radical (unpaired) electrons. The number of rotatable bonds is 8. The molecule has 24 heavy (non-hydrogen) atoms. The molecule has 0 bridgehead atoms. The fraction of sp³-hybridized carbons (Fsp3) is 0.375. The Labute approximate surface area is 144 Å². The van der Waals surface area contributed by atoms with Gasteiger partial charge in [-0.15, -0.1) is 5.10 Å². The lowest BCUT2D eigenvalue weighted by atomic mass is 10.2. The number of nitrogens with zero attached hydrogens (tertiary/aromatic N) is 2. The monoisotopic (exact) mass is 348 g/mol.